The summed E-state index contributed by atoms with van der Waals surface area (Å²) in [5.74, 6) is -0.324. The van der Waals surface area contributed by atoms with Gasteiger partial charge in [0, 0.05) is 0 Å². The highest BCUT2D eigenvalue weighted by Gasteiger charge is 2.21. The van der Waals surface area contributed by atoms with Gasteiger partial charge in [0.05, 0.1) is 12.1 Å². The Balaban J connectivity index is 2.71. The zero-order chi connectivity index (χ0) is 14.6. The van der Waals surface area contributed by atoms with E-state index < -0.39 is 6.04 Å². The molecule has 4 heteroatoms. The first-order chi connectivity index (χ1) is 8.86. The van der Waals surface area contributed by atoms with E-state index in [1.807, 2.05) is 26.8 Å². The van der Waals surface area contributed by atoms with Crippen LogP contribution in [0.4, 0.5) is 4.39 Å². The van der Waals surface area contributed by atoms with E-state index in [0.29, 0.717) is 5.56 Å². The summed E-state index contributed by atoms with van der Waals surface area (Å²) in [6, 6.07) is 4.20. The fourth-order valence-electron chi connectivity index (χ4n) is 1.78. The first-order valence-corrected chi connectivity index (χ1v) is 6.68. The summed E-state index contributed by atoms with van der Waals surface area (Å²) in [5, 5.41) is 2.83. The second kappa shape index (κ2) is 6.66. The molecule has 3 nitrogen and oxygen atoms in total. The lowest BCUT2D eigenvalue weighted by molar-refractivity contribution is -0.124. The molecule has 106 valence electrons. The van der Waals surface area contributed by atoms with Gasteiger partial charge in [0.2, 0.25) is 5.91 Å². The summed E-state index contributed by atoms with van der Waals surface area (Å²) in [5.41, 5.74) is 7.20. The quantitative estimate of drug-likeness (QED) is 0.861. The monoisotopic (exact) mass is 266 g/mol. The molecule has 0 saturated heterocycles. The summed E-state index contributed by atoms with van der Waals surface area (Å²) in [6.07, 6.45) is 0.849. The van der Waals surface area contributed by atoms with Crippen molar-refractivity contribution in [2.24, 2.45) is 11.7 Å². The number of rotatable bonds is 5. The van der Waals surface area contributed by atoms with Gasteiger partial charge in [-0.05, 0) is 37.0 Å². The predicted molar refractivity (Wildman–Crippen MR) is 75.1 cm³/mol. The molecule has 1 amide bonds. The summed E-state index contributed by atoms with van der Waals surface area (Å²) in [7, 11) is 0. The molecule has 0 heterocycles. The molecule has 0 aliphatic carbocycles. The van der Waals surface area contributed by atoms with Crippen LogP contribution in [0.2, 0.25) is 0 Å². The van der Waals surface area contributed by atoms with Gasteiger partial charge in [0.1, 0.15) is 5.82 Å². The van der Waals surface area contributed by atoms with Crippen LogP contribution in [0, 0.1) is 18.7 Å². The van der Waals surface area contributed by atoms with E-state index in [-0.39, 0.29) is 23.7 Å². The minimum Gasteiger partial charge on any atom is -0.348 e. The van der Waals surface area contributed by atoms with Crippen LogP contribution in [-0.4, -0.2) is 11.9 Å². The van der Waals surface area contributed by atoms with Gasteiger partial charge in [-0.3, -0.25) is 4.79 Å². The molecule has 0 aromatic heterocycles. The molecular formula is C15H23FN2O. The van der Waals surface area contributed by atoms with Gasteiger partial charge in [-0.2, -0.15) is 0 Å². The third kappa shape index (κ3) is 4.03. The van der Waals surface area contributed by atoms with E-state index in [2.05, 4.69) is 5.32 Å². The lowest BCUT2D eigenvalue weighted by Crippen LogP contribution is -2.45. The minimum absolute atomic E-state index is 0.127. The molecule has 0 saturated carbocycles. The Bertz CT molecular complexity index is 448. The molecule has 3 atom stereocenters. The van der Waals surface area contributed by atoms with E-state index in [0.717, 1.165) is 12.0 Å². The van der Waals surface area contributed by atoms with Crippen molar-refractivity contribution in [1.29, 1.82) is 0 Å². The molecule has 1 aromatic carbocycles. The minimum atomic E-state index is -0.525. The Hall–Kier alpha value is -1.42. The molecule has 1 rings (SSSR count). The van der Waals surface area contributed by atoms with Gasteiger partial charge in [-0.15, -0.1) is 0 Å². The number of hydrogen-bond donors (Lipinski definition) is 2. The van der Waals surface area contributed by atoms with Crippen LogP contribution in [0.25, 0.3) is 0 Å². The van der Waals surface area contributed by atoms with Crippen LogP contribution < -0.4 is 11.1 Å². The summed E-state index contributed by atoms with van der Waals surface area (Å²) in [4.78, 5) is 11.9. The van der Waals surface area contributed by atoms with Crippen molar-refractivity contribution < 1.29 is 9.18 Å². The maximum absolute atomic E-state index is 13.5. The van der Waals surface area contributed by atoms with Gasteiger partial charge < -0.3 is 11.1 Å². The lowest BCUT2D eigenvalue weighted by atomic mass is 9.98. The highest BCUT2D eigenvalue weighted by molar-refractivity contribution is 5.82. The van der Waals surface area contributed by atoms with Gasteiger partial charge in [0.15, 0.2) is 0 Å². The molecule has 3 N–H and O–H groups in total. The molecule has 0 spiro atoms. The smallest absolute Gasteiger partial charge is 0.237 e. The molecule has 19 heavy (non-hydrogen) atoms. The zero-order valence-corrected chi connectivity index (χ0v) is 12.0. The van der Waals surface area contributed by atoms with Crippen molar-refractivity contribution in [2.75, 3.05) is 0 Å². The first-order valence-electron chi connectivity index (χ1n) is 6.68. The number of halogens is 1. The second-order valence-electron chi connectivity index (χ2n) is 5.15. The Labute approximate surface area is 114 Å². The highest BCUT2D eigenvalue weighted by atomic mass is 19.1. The van der Waals surface area contributed by atoms with Gasteiger partial charge in [-0.25, -0.2) is 4.39 Å². The third-order valence-corrected chi connectivity index (χ3v) is 3.61. The zero-order valence-electron chi connectivity index (χ0n) is 12.0. The molecule has 0 aliphatic heterocycles. The molecule has 0 bridgehead atoms. The number of hydrogen-bond acceptors (Lipinski definition) is 2. The highest BCUT2D eigenvalue weighted by Crippen LogP contribution is 2.17. The van der Waals surface area contributed by atoms with Crippen molar-refractivity contribution in [3.8, 4) is 0 Å². The van der Waals surface area contributed by atoms with Crippen molar-refractivity contribution in [3.05, 3.63) is 35.1 Å². The molecule has 0 radical (unpaired) electrons. The van der Waals surface area contributed by atoms with E-state index in [1.165, 1.54) is 6.07 Å². The van der Waals surface area contributed by atoms with Crippen LogP contribution >= 0.6 is 0 Å². The Morgan fingerprint density at radius 2 is 2.05 bits per heavy atom. The maximum Gasteiger partial charge on any atom is 0.237 e. The van der Waals surface area contributed by atoms with Gasteiger partial charge in [0.25, 0.3) is 0 Å². The first kappa shape index (κ1) is 15.6. The van der Waals surface area contributed by atoms with Crippen LogP contribution in [0.5, 0.6) is 0 Å². The average molecular weight is 266 g/mol. The number of carbonyl (C=O) groups is 1. The van der Waals surface area contributed by atoms with Crippen LogP contribution in [-0.2, 0) is 4.79 Å². The third-order valence-electron chi connectivity index (χ3n) is 3.61. The Morgan fingerprint density at radius 1 is 1.42 bits per heavy atom. The second-order valence-corrected chi connectivity index (χ2v) is 5.15. The van der Waals surface area contributed by atoms with Crippen LogP contribution in [0.1, 0.15) is 44.4 Å². The van der Waals surface area contributed by atoms with Gasteiger partial charge in [-0.1, -0.05) is 32.4 Å². The fraction of sp³-hybridized carbons (Fsp3) is 0.533. The number of amides is 1. The number of nitrogens with one attached hydrogen (secondary N) is 1. The standard InChI is InChI=1S/C15H23FN2O/c1-5-9(2)14(17)15(19)18-11(4)12-7-6-10(3)13(16)8-12/h6-9,11,14H,5,17H2,1-4H3,(H,18,19)/t9-,11?,14-/m0/s1. The molecule has 1 unspecified atom stereocenters. The normalized spacial score (nSPS) is 15.7. The topological polar surface area (TPSA) is 55.1 Å². The van der Waals surface area contributed by atoms with Crippen molar-refractivity contribution in [1.82, 2.24) is 5.32 Å². The van der Waals surface area contributed by atoms with Crippen LogP contribution in [0.15, 0.2) is 18.2 Å². The Morgan fingerprint density at radius 3 is 2.58 bits per heavy atom. The van der Waals surface area contributed by atoms with Crippen molar-refractivity contribution in [3.63, 3.8) is 0 Å². The average Bonchev–Trinajstić information content (AvgIpc) is 2.39. The van der Waals surface area contributed by atoms with Crippen molar-refractivity contribution in [2.45, 2.75) is 46.2 Å². The lowest BCUT2D eigenvalue weighted by Gasteiger charge is -2.21. The molecule has 1 aromatic rings. The van der Waals surface area contributed by atoms with E-state index >= 15 is 0 Å². The summed E-state index contributed by atoms with van der Waals surface area (Å²) < 4.78 is 13.5. The maximum atomic E-state index is 13.5. The Kier molecular flexibility index (Phi) is 5.48. The van der Waals surface area contributed by atoms with Crippen LogP contribution in [0.3, 0.4) is 0 Å². The number of aryl methyl sites for hydroxylation is 1. The number of nitrogens with two attached hydrogens (primary N) is 1. The number of carbonyl (C=O) groups excluding carboxylic acids is 1. The molecular weight excluding hydrogens is 243 g/mol. The predicted octanol–water partition coefficient (Wildman–Crippen LogP) is 2.68. The van der Waals surface area contributed by atoms with Crippen molar-refractivity contribution >= 4 is 5.91 Å². The van der Waals surface area contributed by atoms with Gasteiger partial charge >= 0.3 is 0 Å². The fourth-order valence-corrected chi connectivity index (χ4v) is 1.78. The van der Waals surface area contributed by atoms with E-state index in [1.54, 1.807) is 13.0 Å². The molecule has 0 fully saturated rings. The van der Waals surface area contributed by atoms with E-state index in [9.17, 15) is 9.18 Å². The number of benzene rings is 1. The van der Waals surface area contributed by atoms with E-state index in [4.69, 9.17) is 5.73 Å². The SMILES string of the molecule is CC[C@H](C)[C@H](N)C(=O)NC(C)c1ccc(C)c(F)c1. The summed E-state index contributed by atoms with van der Waals surface area (Å²) >= 11 is 0. The summed E-state index contributed by atoms with van der Waals surface area (Å²) in [6.45, 7) is 7.48. The largest absolute Gasteiger partial charge is 0.348 e. The molecule has 0 aliphatic rings.